The Labute approximate surface area is 214 Å². The van der Waals surface area contributed by atoms with Gasteiger partial charge in [0, 0.05) is 41.5 Å². The van der Waals surface area contributed by atoms with Crippen molar-refractivity contribution in [2.75, 3.05) is 44.8 Å². The molecule has 3 aromatic rings. The van der Waals surface area contributed by atoms with Crippen molar-refractivity contribution in [3.05, 3.63) is 42.5 Å². The molecule has 1 N–H and O–H groups in total. The number of benzene rings is 2. The molecule has 12 heteroatoms. The zero-order chi connectivity index (χ0) is 26.2. The van der Waals surface area contributed by atoms with Crippen LogP contribution in [-0.2, 0) is 23.9 Å². The second-order valence-electron chi connectivity index (χ2n) is 9.06. The second kappa shape index (κ2) is 10.4. The van der Waals surface area contributed by atoms with Gasteiger partial charge in [-0.15, -0.1) is 0 Å². The van der Waals surface area contributed by atoms with Crippen LogP contribution in [0.1, 0.15) is 6.92 Å². The molecule has 2 fully saturated rings. The molecule has 10 nitrogen and oxygen atoms in total. The molecule has 0 unspecified atom stereocenters. The minimum atomic E-state index is -2.39. The zero-order valence-electron chi connectivity index (χ0n) is 21.0. The average Bonchev–Trinajstić information content (AvgIpc) is 3.42. The van der Waals surface area contributed by atoms with Gasteiger partial charge >= 0.3 is 0 Å². The number of halogens is 1. The fourth-order valence-electron chi connectivity index (χ4n) is 4.53. The van der Waals surface area contributed by atoms with Gasteiger partial charge in [0.25, 0.3) is 0 Å². The highest BCUT2D eigenvalue weighted by Crippen LogP contribution is 2.39. The Bertz CT molecular complexity index is 1420. The number of fused-ring (bicyclic) bond motifs is 2. The van der Waals surface area contributed by atoms with E-state index in [9.17, 15) is 8.60 Å². The van der Waals surface area contributed by atoms with Crippen molar-refractivity contribution in [3.63, 3.8) is 0 Å². The maximum absolute atomic E-state index is 14.3. The molecule has 2 aliphatic heterocycles. The van der Waals surface area contributed by atoms with E-state index in [0.29, 0.717) is 53.7 Å². The number of aromatic nitrogens is 2. The van der Waals surface area contributed by atoms with Gasteiger partial charge in [-0.05, 0) is 25.1 Å². The molecule has 5 rings (SSSR count). The van der Waals surface area contributed by atoms with Crippen LogP contribution < -0.4 is 14.8 Å². The van der Waals surface area contributed by atoms with E-state index in [2.05, 4.69) is 19.6 Å². The van der Waals surface area contributed by atoms with Crippen LogP contribution in [0.2, 0.25) is 0 Å². The van der Waals surface area contributed by atoms with E-state index in [1.807, 2.05) is 6.92 Å². The molecule has 0 spiro atoms. The Balaban J connectivity index is 1.50. The van der Waals surface area contributed by atoms with E-state index in [-0.39, 0.29) is 24.1 Å². The summed E-state index contributed by atoms with van der Waals surface area (Å²) in [6.45, 7) is 2.95. The van der Waals surface area contributed by atoms with E-state index < -0.39 is 21.7 Å². The lowest BCUT2D eigenvalue weighted by molar-refractivity contribution is -0.0138. The SMILES string of the molecule is CCOc1cc(N=S(C)(C)=O)cc2ncnc(Nc3ccc(F)cc3O[C@@H]3CO[C@H]4[C@@H]3OC[C@H]4OC)c12. The van der Waals surface area contributed by atoms with Gasteiger partial charge < -0.3 is 29.0 Å². The van der Waals surface area contributed by atoms with Gasteiger partial charge in [0.05, 0.1) is 42.1 Å². The molecule has 4 atom stereocenters. The molecule has 2 saturated heterocycles. The number of methoxy groups -OCH3 is 1. The number of anilines is 2. The highest BCUT2D eigenvalue weighted by molar-refractivity contribution is 7.92. The van der Waals surface area contributed by atoms with Crippen molar-refractivity contribution in [2.24, 2.45) is 4.36 Å². The van der Waals surface area contributed by atoms with E-state index in [1.54, 1.807) is 37.8 Å². The molecular formula is C25H29FN4O6S. The van der Waals surface area contributed by atoms with Crippen LogP contribution in [0.4, 0.5) is 21.6 Å². The van der Waals surface area contributed by atoms with Crippen LogP contribution in [0.3, 0.4) is 0 Å². The number of hydrogen-bond acceptors (Lipinski definition) is 10. The number of nitrogens with zero attached hydrogens (tertiary/aromatic N) is 3. The third-order valence-electron chi connectivity index (χ3n) is 6.05. The Hall–Kier alpha value is -3.06. The molecule has 3 heterocycles. The maximum atomic E-state index is 14.3. The van der Waals surface area contributed by atoms with Crippen molar-refractivity contribution in [3.8, 4) is 11.5 Å². The van der Waals surface area contributed by atoms with Gasteiger partial charge in [-0.1, -0.05) is 0 Å². The lowest BCUT2D eigenvalue weighted by Crippen LogP contribution is -2.35. The summed E-state index contributed by atoms with van der Waals surface area (Å²) in [6.07, 6.45) is 3.36. The summed E-state index contributed by atoms with van der Waals surface area (Å²) in [4.78, 5) is 8.78. The fraction of sp³-hybridized carbons (Fsp3) is 0.440. The van der Waals surface area contributed by atoms with Crippen LogP contribution in [0.15, 0.2) is 41.0 Å². The summed E-state index contributed by atoms with van der Waals surface area (Å²) in [5, 5.41) is 3.85. The minimum Gasteiger partial charge on any atom is -0.493 e. The second-order valence-corrected chi connectivity index (χ2v) is 11.6. The third-order valence-corrected chi connectivity index (χ3v) is 6.70. The Kier molecular flexibility index (Phi) is 7.17. The van der Waals surface area contributed by atoms with E-state index in [0.717, 1.165) is 0 Å². The molecular weight excluding hydrogens is 503 g/mol. The number of nitrogens with one attached hydrogen (secondary N) is 1. The summed E-state index contributed by atoms with van der Waals surface area (Å²) < 4.78 is 60.0. The van der Waals surface area contributed by atoms with E-state index in [4.69, 9.17) is 23.7 Å². The Morgan fingerprint density at radius 3 is 2.59 bits per heavy atom. The van der Waals surface area contributed by atoms with Crippen molar-refractivity contribution in [1.29, 1.82) is 0 Å². The first-order valence-corrected chi connectivity index (χ1v) is 14.2. The molecule has 0 radical (unpaired) electrons. The molecule has 0 saturated carbocycles. The quantitative estimate of drug-likeness (QED) is 0.462. The Morgan fingerprint density at radius 2 is 1.86 bits per heavy atom. The van der Waals surface area contributed by atoms with Crippen molar-refractivity contribution in [1.82, 2.24) is 9.97 Å². The molecule has 1 aromatic heterocycles. The minimum absolute atomic E-state index is 0.168. The first-order valence-electron chi connectivity index (χ1n) is 11.8. The maximum Gasteiger partial charge on any atom is 0.151 e. The normalized spacial score (nSPS) is 23.2. The van der Waals surface area contributed by atoms with Crippen LogP contribution in [0, 0.1) is 5.82 Å². The fourth-order valence-corrected chi connectivity index (χ4v) is 5.14. The first kappa shape index (κ1) is 25.6. The van der Waals surface area contributed by atoms with Crippen LogP contribution in [-0.4, -0.2) is 78.0 Å². The monoisotopic (exact) mass is 532 g/mol. The average molecular weight is 533 g/mol. The number of ether oxygens (including phenoxy) is 5. The van der Waals surface area contributed by atoms with Crippen molar-refractivity contribution < 1.29 is 32.3 Å². The first-order chi connectivity index (χ1) is 17.8. The zero-order valence-corrected chi connectivity index (χ0v) is 21.8. The highest BCUT2D eigenvalue weighted by atomic mass is 32.2. The van der Waals surface area contributed by atoms with Gasteiger partial charge in [0.15, 0.2) is 6.10 Å². The molecule has 2 aromatic carbocycles. The summed E-state index contributed by atoms with van der Waals surface area (Å²) in [5.41, 5.74) is 1.53. The summed E-state index contributed by atoms with van der Waals surface area (Å²) in [6, 6.07) is 7.64. The van der Waals surface area contributed by atoms with E-state index in [1.165, 1.54) is 18.5 Å². The van der Waals surface area contributed by atoms with Crippen LogP contribution in [0.25, 0.3) is 10.9 Å². The van der Waals surface area contributed by atoms with Crippen LogP contribution in [0.5, 0.6) is 11.5 Å². The van der Waals surface area contributed by atoms with Gasteiger partial charge in [-0.2, -0.15) is 4.36 Å². The molecule has 198 valence electrons. The van der Waals surface area contributed by atoms with E-state index >= 15 is 0 Å². The predicted molar refractivity (Wildman–Crippen MR) is 137 cm³/mol. The number of rotatable bonds is 8. The van der Waals surface area contributed by atoms with Gasteiger partial charge in [0.1, 0.15) is 47.8 Å². The largest absolute Gasteiger partial charge is 0.493 e. The van der Waals surface area contributed by atoms with Crippen LogP contribution >= 0.6 is 0 Å². The summed E-state index contributed by atoms with van der Waals surface area (Å²) in [5.74, 6) is 0.746. The summed E-state index contributed by atoms with van der Waals surface area (Å²) in [7, 11) is -0.773. The topological polar surface area (TPSA) is 113 Å². The lowest BCUT2D eigenvalue weighted by Gasteiger charge is -2.21. The van der Waals surface area contributed by atoms with Gasteiger partial charge in [-0.25, -0.2) is 18.6 Å². The van der Waals surface area contributed by atoms with Gasteiger partial charge in [-0.3, -0.25) is 0 Å². The molecule has 37 heavy (non-hydrogen) atoms. The predicted octanol–water partition coefficient (Wildman–Crippen LogP) is 3.83. The molecule has 0 amide bonds. The Morgan fingerprint density at radius 1 is 1.11 bits per heavy atom. The standard InChI is InChI=1S/C25H29FN4O6S/c1-5-33-19-10-15(30-37(3,4)31)9-17-22(19)25(28-13-27-17)29-16-7-6-14(26)8-18(16)36-21-12-35-23-20(32-2)11-34-24(21)23/h6-10,13,20-21,23-24H,5,11-12H2,1-4H3,(H,27,28,29)/t20-,21-,23-,24-/m1/s1. The number of hydrogen-bond donors (Lipinski definition) is 1. The highest BCUT2D eigenvalue weighted by Gasteiger charge is 2.49. The molecule has 0 bridgehead atoms. The molecule has 2 aliphatic rings. The summed E-state index contributed by atoms with van der Waals surface area (Å²) >= 11 is 0. The van der Waals surface area contributed by atoms with Gasteiger partial charge in [0.2, 0.25) is 0 Å². The van der Waals surface area contributed by atoms with Crippen molar-refractivity contribution >= 4 is 37.8 Å². The van der Waals surface area contributed by atoms with Crippen molar-refractivity contribution in [2.45, 2.75) is 31.3 Å². The third kappa shape index (κ3) is 5.47. The smallest absolute Gasteiger partial charge is 0.151 e. The lowest BCUT2D eigenvalue weighted by atomic mass is 10.1. The molecule has 0 aliphatic carbocycles.